The molecule has 0 saturated carbocycles. The molecule has 0 radical (unpaired) electrons. The van der Waals surface area contributed by atoms with E-state index in [1.165, 1.54) is 18.3 Å². The smallest absolute Gasteiger partial charge is 0.212 e. The molecular formula is C9H10FNO. The van der Waals surface area contributed by atoms with Crippen LogP contribution in [0, 0.1) is 5.95 Å². The first kappa shape index (κ1) is 8.84. The summed E-state index contributed by atoms with van der Waals surface area (Å²) in [5.74, 6) is -0.534. The third-order valence-corrected chi connectivity index (χ3v) is 1.53. The molecule has 0 atom stereocenters. The summed E-state index contributed by atoms with van der Waals surface area (Å²) in [6.07, 6.45) is 2.57. The summed E-state index contributed by atoms with van der Waals surface area (Å²) in [4.78, 5) is 14.6. The molecule has 0 aliphatic carbocycles. The van der Waals surface area contributed by atoms with Gasteiger partial charge in [-0.1, -0.05) is 6.92 Å². The van der Waals surface area contributed by atoms with Gasteiger partial charge in [0.05, 0.1) is 0 Å². The van der Waals surface area contributed by atoms with E-state index in [0.29, 0.717) is 12.0 Å². The van der Waals surface area contributed by atoms with Crippen molar-refractivity contribution in [3.63, 3.8) is 0 Å². The highest BCUT2D eigenvalue weighted by molar-refractivity contribution is 5.95. The third-order valence-electron chi connectivity index (χ3n) is 1.53. The Hall–Kier alpha value is -1.25. The average molecular weight is 166 g/mol. The molecule has 1 aromatic rings. The number of hydrogen-bond donors (Lipinski definition) is 0. The highest BCUT2D eigenvalue weighted by Gasteiger charge is 2.03. The lowest BCUT2D eigenvalue weighted by atomic mass is 10.1. The first-order valence-electron chi connectivity index (χ1n) is 3.88. The highest BCUT2D eigenvalue weighted by atomic mass is 18.2. The lowest BCUT2D eigenvalue weighted by molar-refractivity contribution is 0.0981. The maximum atomic E-state index is 12.3. The van der Waals surface area contributed by atoms with Crippen LogP contribution >= 0.6 is 0 Å². The fourth-order valence-corrected chi connectivity index (χ4v) is 0.912. The molecule has 0 N–H and O–H groups in total. The van der Waals surface area contributed by atoms with Gasteiger partial charge in [0.25, 0.3) is 0 Å². The van der Waals surface area contributed by atoms with Crippen molar-refractivity contribution >= 4 is 5.78 Å². The number of halogens is 1. The van der Waals surface area contributed by atoms with E-state index < -0.39 is 5.95 Å². The van der Waals surface area contributed by atoms with Crippen LogP contribution < -0.4 is 0 Å². The molecule has 1 aromatic heterocycles. The maximum absolute atomic E-state index is 12.3. The minimum absolute atomic E-state index is 0.0185. The molecule has 0 bridgehead atoms. The maximum Gasteiger partial charge on any atom is 0.212 e. The van der Waals surface area contributed by atoms with Gasteiger partial charge in [0.1, 0.15) is 0 Å². The Morgan fingerprint density at radius 2 is 2.33 bits per heavy atom. The number of rotatable bonds is 3. The van der Waals surface area contributed by atoms with Gasteiger partial charge in [-0.2, -0.15) is 4.39 Å². The van der Waals surface area contributed by atoms with E-state index in [4.69, 9.17) is 0 Å². The first-order valence-corrected chi connectivity index (χ1v) is 3.88. The standard InChI is InChI=1S/C9H10FNO/c1-2-3-8(12)7-4-5-9(10)11-6-7/h4-6H,2-3H2,1H3/i10-1. The Labute approximate surface area is 70.4 Å². The average Bonchev–Trinajstić information content (AvgIpc) is 2.06. The van der Waals surface area contributed by atoms with Crippen molar-refractivity contribution in [3.05, 3.63) is 29.8 Å². The Balaban J connectivity index is 2.75. The summed E-state index contributed by atoms with van der Waals surface area (Å²) in [6.45, 7) is 1.93. The molecule has 12 heavy (non-hydrogen) atoms. The summed E-state index contributed by atoms with van der Waals surface area (Å²) in [5.41, 5.74) is 0.484. The summed E-state index contributed by atoms with van der Waals surface area (Å²) >= 11 is 0. The normalized spacial score (nSPS) is 9.83. The lowest BCUT2D eigenvalue weighted by Gasteiger charge is -1.96. The summed E-state index contributed by atoms with van der Waals surface area (Å²) in [6, 6.07) is 2.66. The summed E-state index contributed by atoms with van der Waals surface area (Å²) < 4.78 is 12.3. The van der Waals surface area contributed by atoms with E-state index in [2.05, 4.69) is 4.98 Å². The first-order chi connectivity index (χ1) is 5.74. The van der Waals surface area contributed by atoms with Crippen LogP contribution in [0.3, 0.4) is 0 Å². The van der Waals surface area contributed by atoms with Gasteiger partial charge >= 0.3 is 0 Å². The molecule has 1 rings (SSSR count). The van der Waals surface area contributed by atoms with Crippen molar-refractivity contribution in [2.45, 2.75) is 19.8 Å². The van der Waals surface area contributed by atoms with Crippen LogP contribution in [0.15, 0.2) is 18.3 Å². The number of aromatic nitrogens is 1. The van der Waals surface area contributed by atoms with Gasteiger partial charge in [0.15, 0.2) is 5.78 Å². The van der Waals surface area contributed by atoms with E-state index in [1.807, 2.05) is 6.92 Å². The highest BCUT2D eigenvalue weighted by Crippen LogP contribution is 2.04. The van der Waals surface area contributed by atoms with E-state index in [0.717, 1.165) is 6.42 Å². The largest absolute Gasteiger partial charge is 0.294 e. The van der Waals surface area contributed by atoms with Gasteiger partial charge in [-0.05, 0) is 18.6 Å². The topological polar surface area (TPSA) is 30.0 Å². The van der Waals surface area contributed by atoms with E-state index in [-0.39, 0.29) is 5.78 Å². The number of carbonyl (C=O) groups excluding carboxylic acids is 1. The number of carbonyl (C=O) groups is 1. The van der Waals surface area contributed by atoms with Gasteiger partial charge in [-0.25, -0.2) is 4.98 Å². The molecule has 3 heteroatoms. The van der Waals surface area contributed by atoms with E-state index in [1.54, 1.807) is 0 Å². The van der Waals surface area contributed by atoms with Crippen LogP contribution in [0.1, 0.15) is 30.1 Å². The number of ketones is 1. The van der Waals surface area contributed by atoms with Crippen LogP contribution in [0.2, 0.25) is 0 Å². The molecule has 0 fully saturated rings. The van der Waals surface area contributed by atoms with E-state index >= 15 is 0 Å². The third kappa shape index (κ3) is 2.12. The number of pyridine rings is 1. The monoisotopic (exact) mass is 166 g/mol. The van der Waals surface area contributed by atoms with Crippen molar-refractivity contribution in [1.82, 2.24) is 4.98 Å². The predicted molar refractivity (Wildman–Crippen MR) is 43.4 cm³/mol. The Morgan fingerprint density at radius 3 is 2.83 bits per heavy atom. The minimum Gasteiger partial charge on any atom is -0.294 e. The molecule has 0 saturated heterocycles. The molecule has 0 aromatic carbocycles. The van der Waals surface area contributed by atoms with Crippen LogP contribution in [-0.4, -0.2) is 10.8 Å². The zero-order valence-electron chi connectivity index (χ0n) is 6.88. The van der Waals surface area contributed by atoms with Gasteiger partial charge in [0.2, 0.25) is 5.95 Å². The van der Waals surface area contributed by atoms with Crippen molar-refractivity contribution in [2.24, 2.45) is 0 Å². The fraction of sp³-hybridized carbons (Fsp3) is 0.333. The number of Topliss-reactive ketones (excluding diaryl/α,β-unsaturated/α-hetero) is 1. The Morgan fingerprint density at radius 1 is 1.58 bits per heavy atom. The molecule has 1 heterocycles. The van der Waals surface area contributed by atoms with Crippen molar-refractivity contribution in [3.8, 4) is 0 Å². The molecule has 0 amide bonds. The zero-order valence-corrected chi connectivity index (χ0v) is 6.88. The molecule has 0 spiro atoms. The van der Waals surface area contributed by atoms with Crippen molar-refractivity contribution in [2.75, 3.05) is 0 Å². The van der Waals surface area contributed by atoms with Crippen LogP contribution in [-0.2, 0) is 0 Å². The van der Waals surface area contributed by atoms with Crippen LogP contribution in [0.25, 0.3) is 0 Å². The van der Waals surface area contributed by atoms with Gasteiger partial charge < -0.3 is 0 Å². The molecular weight excluding hydrogens is 156 g/mol. The second-order valence-electron chi connectivity index (χ2n) is 2.54. The molecule has 64 valence electrons. The van der Waals surface area contributed by atoms with E-state index in [9.17, 15) is 9.18 Å². The second kappa shape index (κ2) is 3.95. The fourth-order valence-electron chi connectivity index (χ4n) is 0.912. The molecule has 0 unspecified atom stereocenters. The van der Waals surface area contributed by atoms with Crippen LogP contribution in [0.5, 0.6) is 0 Å². The van der Waals surface area contributed by atoms with Crippen molar-refractivity contribution < 1.29 is 9.18 Å². The predicted octanol–water partition coefficient (Wildman–Crippen LogP) is 2.20. The molecule has 0 aliphatic heterocycles. The number of hydrogen-bond acceptors (Lipinski definition) is 2. The second-order valence-corrected chi connectivity index (χ2v) is 2.54. The van der Waals surface area contributed by atoms with Crippen molar-refractivity contribution in [1.29, 1.82) is 0 Å². The van der Waals surface area contributed by atoms with Gasteiger partial charge in [0, 0.05) is 18.2 Å². The van der Waals surface area contributed by atoms with Gasteiger partial charge in [-0.3, -0.25) is 4.79 Å². The number of nitrogens with zero attached hydrogens (tertiary/aromatic N) is 1. The SMILES string of the molecule is CCCC(=O)c1ccc([18F])nc1. The van der Waals surface area contributed by atoms with Crippen LogP contribution in [0.4, 0.5) is 4.39 Å². The summed E-state index contributed by atoms with van der Waals surface area (Å²) in [7, 11) is 0. The minimum atomic E-state index is -0.553. The van der Waals surface area contributed by atoms with Gasteiger partial charge in [-0.15, -0.1) is 0 Å². The lowest BCUT2D eigenvalue weighted by Crippen LogP contribution is -1.98. The molecule has 2 nitrogen and oxygen atoms in total. The Kier molecular flexibility index (Phi) is 2.91. The Bertz CT molecular complexity index is 268. The molecule has 0 aliphatic rings. The summed E-state index contributed by atoms with van der Waals surface area (Å²) in [5, 5.41) is 0. The quantitative estimate of drug-likeness (QED) is 0.509. The zero-order chi connectivity index (χ0) is 8.97.